The van der Waals surface area contributed by atoms with E-state index < -0.39 is 6.09 Å². The van der Waals surface area contributed by atoms with Crippen LogP contribution in [-0.2, 0) is 16.1 Å². The van der Waals surface area contributed by atoms with E-state index in [1.807, 2.05) is 12.1 Å². The van der Waals surface area contributed by atoms with Gasteiger partial charge in [0.15, 0.2) is 0 Å². The van der Waals surface area contributed by atoms with Gasteiger partial charge in [-0.1, -0.05) is 6.08 Å². The summed E-state index contributed by atoms with van der Waals surface area (Å²) in [5.41, 5.74) is 2.53. The zero-order valence-electron chi connectivity index (χ0n) is 13.9. The molecule has 1 unspecified atom stereocenters. The predicted octanol–water partition coefficient (Wildman–Crippen LogP) is 2.06. The Kier molecular flexibility index (Phi) is 5.63. The standard InChI is InChI=1S/C17H19N5O3/c1-12(16-18-7-2-8-19-16)20-17(23)25-11-14-3-4-15(22-21-14)13-5-9-24-10-6-13/h2-5,7-8,12H,6,9-11H2,1H3,(H,20,23). The number of alkyl carbamates (subject to hydrolysis) is 1. The number of ether oxygens (including phenoxy) is 2. The number of nitrogens with zero attached hydrogens (tertiary/aromatic N) is 4. The fourth-order valence-electron chi connectivity index (χ4n) is 2.32. The number of aromatic nitrogens is 4. The van der Waals surface area contributed by atoms with Crippen molar-refractivity contribution in [3.63, 3.8) is 0 Å². The lowest BCUT2D eigenvalue weighted by atomic mass is 10.1. The Morgan fingerprint density at radius 2 is 2.16 bits per heavy atom. The van der Waals surface area contributed by atoms with E-state index in [4.69, 9.17) is 9.47 Å². The molecule has 0 saturated carbocycles. The number of amides is 1. The molecule has 0 aliphatic carbocycles. The monoisotopic (exact) mass is 341 g/mol. The quantitative estimate of drug-likeness (QED) is 0.888. The molecule has 0 fully saturated rings. The highest BCUT2D eigenvalue weighted by atomic mass is 16.5. The van der Waals surface area contributed by atoms with Crippen molar-refractivity contribution in [2.75, 3.05) is 13.2 Å². The molecule has 1 atom stereocenters. The van der Waals surface area contributed by atoms with Crippen LogP contribution in [0.25, 0.3) is 5.57 Å². The predicted molar refractivity (Wildman–Crippen MR) is 89.2 cm³/mol. The third-order valence-electron chi connectivity index (χ3n) is 3.67. The zero-order chi connectivity index (χ0) is 17.5. The van der Waals surface area contributed by atoms with Gasteiger partial charge < -0.3 is 14.8 Å². The van der Waals surface area contributed by atoms with E-state index in [9.17, 15) is 4.79 Å². The summed E-state index contributed by atoms with van der Waals surface area (Å²) in [4.78, 5) is 20.0. The fraction of sp³-hybridized carbons (Fsp3) is 0.353. The van der Waals surface area contributed by atoms with Crippen LogP contribution in [0.2, 0.25) is 0 Å². The summed E-state index contributed by atoms with van der Waals surface area (Å²) in [5.74, 6) is 0.522. The highest BCUT2D eigenvalue weighted by Gasteiger charge is 2.13. The molecular weight excluding hydrogens is 322 g/mol. The van der Waals surface area contributed by atoms with Gasteiger partial charge in [-0.25, -0.2) is 14.8 Å². The average molecular weight is 341 g/mol. The van der Waals surface area contributed by atoms with Crippen molar-refractivity contribution in [1.29, 1.82) is 0 Å². The van der Waals surface area contributed by atoms with Crippen molar-refractivity contribution in [1.82, 2.24) is 25.5 Å². The van der Waals surface area contributed by atoms with E-state index in [2.05, 4.69) is 25.5 Å². The lowest BCUT2D eigenvalue weighted by molar-refractivity contribution is 0.134. The number of hydrogen-bond donors (Lipinski definition) is 1. The molecule has 0 aromatic carbocycles. The summed E-state index contributed by atoms with van der Waals surface area (Å²) in [6, 6.07) is 5.05. The molecular formula is C17H19N5O3. The summed E-state index contributed by atoms with van der Waals surface area (Å²) in [6.45, 7) is 3.13. The molecule has 130 valence electrons. The normalized spacial score (nSPS) is 15.2. The minimum absolute atomic E-state index is 0.0453. The van der Waals surface area contributed by atoms with Crippen LogP contribution in [0.3, 0.4) is 0 Å². The second-order valence-corrected chi connectivity index (χ2v) is 5.51. The van der Waals surface area contributed by atoms with Crippen molar-refractivity contribution in [2.24, 2.45) is 0 Å². The first-order valence-electron chi connectivity index (χ1n) is 8.02. The molecule has 0 radical (unpaired) electrons. The van der Waals surface area contributed by atoms with Gasteiger partial charge in [-0.15, -0.1) is 0 Å². The van der Waals surface area contributed by atoms with Gasteiger partial charge in [-0.2, -0.15) is 10.2 Å². The second-order valence-electron chi connectivity index (χ2n) is 5.51. The number of hydrogen-bond acceptors (Lipinski definition) is 7. The van der Waals surface area contributed by atoms with E-state index in [0.717, 1.165) is 17.7 Å². The van der Waals surface area contributed by atoms with Crippen LogP contribution in [-0.4, -0.2) is 39.5 Å². The maximum Gasteiger partial charge on any atom is 0.408 e. The Morgan fingerprint density at radius 3 is 2.84 bits per heavy atom. The Hall–Kier alpha value is -2.87. The van der Waals surface area contributed by atoms with Gasteiger partial charge in [-0.05, 0) is 37.1 Å². The fourth-order valence-corrected chi connectivity index (χ4v) is 2.32. The Balaban J connectivity index is 1.49. The summed E-state index contributed by atoms with van der Waals surface area (Å²) in [7, 11) is 0. The zero-order valence-corrected chi connectivity index (χ0v) is 13.9. The molecule has 0 bridgehead atoms. The summed E-state index contributed by atoms with van der Waals surface area (Å²) >= 11 is 0. The first kappa shape index (κ1) is 17.0. The smallest absolute Gasteiger partial charge is 0.408 e. The van der Waals surface area contributed by atoms with Crippen molar-refractivity contribution < 1.29 is 14.3 Å². The topological polar surface area (TPSA) is 99.1 Å². The van der Waals surface area contributed by atoms with Gasteiger partial charge in [0.2, 0.25) is 0 Å². The first-order valence-corrected chi connectivity index (χ1v) is 8.02. The molecule has 8 nitrogen and oxygen atoms in total. The lowest BCUT2D eigenvalue weighted by Crippen LogP contribution is -2.28. The van der Waals surface area contributed by atoms with E-state index in [-0.39, 0.29) is 12.6 Å². The molecule has 8 heteroatoms. The third kappa shape index (κ3) is 4.80. The molecule has 3 heterocycles. The molecule has 0 saturated heterocycles. The van der Waals surface area contributed by atoms with E-state index >= 15 is 0 Å². The highest BCUT2D eigenvalue weighted by molar-refractivity contribution is 5.67. The lowest BCUT2D eigenvalue weighted by Gasteiger charge is -2.13. The second kappa shape index (κ2) is 8.29. The van der Waals surface area contributed by atoms with Crippen LogP contribution >= 0.6 is 0 Å². The van der Waals surface area contributed by atoms with Crippen LogP contribution in [0.4, 0.5) is 4.79 Å². The number of carbonyl (C=O) groups excluding carboxylic acids is 1. The van der Waals surface area contributed by atoms with Gasteiger partial charge in [0.05, 0.1) is 24.9 Å². The first-order chi connectivity index (χ1) is 12.2. The molecule has 2 aromatic heterocycles. The molecule has 3 rings (SSSR count). The number of nitrogens with one attached hydrogen (secondary N) is 1. The van der Waals surface area contributed by atoms with Crippen molar-refractivity contribution in [3.8, 4) is 0 Å². The highest BCUT2D eigenvalue weighted by Crippen LogP contribution is 2.18. The summed E-state index contributed by atoms with van der Waals surface area (Å²) < 4.78 is 10.4. The van der Waals surface area contributed by atoms with E-state index in [1.54, 1.807) is 31.5 Å². The van der Waals surface area contributed by atoms with E-state index in [0.29, 0.717) is 24.7 Å². The Morgan fingerprint density at radius 1 is 1.32 bits per heavy atom. The molecule has 1 N–H and O–H groups in total. The summed E-state index contributed by atoms with van der Waals surface area (Å²) in [6.07, 6.45) is 5.52. The number of carbonyl (C=O) groups is 1. The minimum atomic E-state index is -0.557. The Bertz CT molecular complexity index is 734. The van der Waals surface area contributed by atoms with Gasteiger partial charge >= 0.3 is 6.09 Å². The molecule has 0 spiro atoms. The van der Waals surface area contributed by atoms with Gasteiger partial charge in [0.1, 0.15) is 18.1 Å². The van der Waals surface area contributed by atoms with Crippen molar-refractivity contribution in [3.05, 3.63) is 53.9 Å². The van der Waals surface area contributed by atoms with Gasteiger partial charge in [-0.3, -0.25) is 0 Å². The van der Waals surface area contributed by atoms with Crippen LogP contribution in [0.15, 0.2) is 36.7 Å². The van der Waals surface area contributed by atoms with Crippen LogP contribution in [0.5, 0.6) is 0 Å². The van der Waals surface area contributed by atoms with Gasteiger partial charge in [0.25, 0.3) is 0 Å². The molecule has 1 aliphatic rings. The number of rotatable bonds is 5. The van der Waals surface area contributed by atoms with Crippen LogP contribution in [0, 0.1) is 0 Å². The maximum absolute atomic E-state index is 11.9. The molecule has 25 heavy (non-hydrogen) atoms. The van der Waals surface area contributed by atoms with Crippen molar-refractivity contribution in [2.45, 2.75) is 26.0 Å². The van der Waals surface area contributed by atoms with Gasteiger partial charge in [0, 0.05) is 12.4 Å². The van der Waals surface area contributed by atoms with Crippen LogP contribution in [0.1, 0.15) is 36.6 Å². The molecule has 1 aliphatic heterocycles. The largest absolute Gasteiger partial charge is 0.443 e. The SMILES string of the molecule is CC(NC(=O)OCc1ccc(C2=CCOCC2)nn1)c1ncccn1. The van der Waals surface area contributed by atoms with Crippen LogP contribution < -0.4 is 5.32 Å². The Labute approximate surface area is 145 Å². The average Bonchev–Trinajstić information content (AvgIpc) is 2.68. The summed E-state index contributed by atoms with van der Waals surface area (Å²) in [5, 5.41) is 11.0. The third-order valence-corrected chi connectivity index (χ3v) is 3.67. The minimum Gasteiger partial charge on any atom is -0.443 e. The maximum atomic E-state index is 11.9. The van der Waals surface area contributed by atoms with E-state index in [1.165, 1.54) is 0 Å². The molecule has 2 aromatic rings. The molecule has 1 amide bonds. The van der Waals surface area contributed by atoms with Crippen molar-refractivity contribution >= 4 is 11.7 Å².